The van der Waals surface area contributed by atoms with Crippen molar-refractivity contribution in [2.75, 3.05) is 6.61 Å². The quantitative estimate of drug-likeness (QED) is 0.874. The van der Waals surface area contributed by atoms with E-state index in [1.165, 1.54) is 0 Å². The average molecular weight is 300 g/mol. The van der Waals surface area contributed by atoms with Crippen LogP contribution < -0.4 is 5.32 Å². The Morgan fingerprint density at radius 3 is 2.59 bits per heavy atom. The van der Waals surface area contributed by atoms with Gasteiger partial charge in [-0.25, -0.2) is 4.98 Å². The number of hydrogen-bond donors (Lipinski definition) is 2. The molecule has 116 valence electrons. The highest BCUT2D eigenvalue weighted by molar-refractivity contribution is 5.95. The minimum absolute atomic E-state index is 0.0423. The summed E-state index contributed by atoms with van der Waals surface area (Å²) in [4.78, 5) is 16.5. The van der Waals surface area contributed by atoms with Crippen LogP contribution in [-0.2, 0) is 7.05 Å². The summed E-state index contributed by atoms with van der Waals surface area (Å²) in [6.07, 6.45) is 3.75. The molecular weight excluding hydrogens is 280 g/mol. The zero-order valence-corrected chi connectivity index (χ0v) is 12.8. The summed E-state index contributed by atoms with van der Waals surface area (Å²) in [5.74, 6) is 0.843. The van der Waals surface area contributed by atoms with Crippen molar-refractivity contribution in [1.29, 1.82) is 0 Å². The number of hydrogen-bond acceptors (Lipinski definition) is 4. The first-order chi connectivity index (χ1) is 10.5. The third-order valence-corrected chi connectivity index (χ3v) is 4.21. The van der Waals surface area contributed by atoms with E-state index in [1.54, 1.807) is 23.1 Å². The maximum atomic E-state index is 12.3. The maximum absolute atomic E-state index is 12.3. The monoisotopic (exact) mass is 300 g/mol. The van der Waals surface area contributed by atoms with Crippen LogP contribution in [0.2, 0.25) is 0 Å². The van der Waals surface area contributed by atoms with Crippen LogP contribution in [0.3, 0.4) is 0 Å². The van der Waals surface area contributed by atoms with Crippen molar-refractivity contribution >= 4 is 5.91 Å². The molecular formula is C16H20N4O2. The van der Waals surface area contributed by atoms with Crippen LogP contribution >= 0.6 is 0 Å². The van der Waals surface area contributed by atoms with Crippen LogP contribution in [0.4, 0.5) is 0 Å². The number of carbonyl (C=O) groups is 1. The molecule has 0 bridgehead atoms. The Morgan fingerprint density at radius 1 is 1.41 bits per heavy atom. The summed E-state index contributed by atoms with van der Waals surface area (Å²) in [6, 6.07) is 7.17. The summed E-state index contributed by atoms with van der Waals surface area (Å²) >= 11 is 0. The number of aliphatic hydroxyl groups is 1. The van der Waals surface area contributed by atoms with Crippen molar-refractivity contribution in [3.05, 3.63) is 36.2 Å². The summed E-state index contributed by atoms with van der Waals surface area (Å²) in [5.41, 5.74) is 0.905. The summed E-state index contributed by atoms with van der Waals surface area (Å²) in [6.45, 7) is 1.86. The Kier molecular flexibility index (Phi) is 3.70. The Morgan fingerprint density at radius 2 is 2.09 bits per heavy atom. The van der Waals surface area contributed by atoms with Crippen LogP contribution in [0.1, 0.15) is 30.1 Å². The number of benzene rings is 1. The van der Waals surface area contributed by atoms with E-state index < -0.39 is 5.54 Å². The van der Waals surface area contributed by atoms with Crippen molar-refractivity contribution in [3.63, 3.8) is 0 Å². The lowest BCUT2D eigenvalue weighted by atomic mass is 9.96. The molecule has 22 heavy (non-hydrogen) atoms. The standard InChI is InChI=1S/C16H20N4O2/c1-16(9-21,13-7-8-13)18-15(22)12-5-3-11(4-6-12)14-17-10-20(2)19-14/h3-6,10,13,21H,7-9H2,1-2H3,(H,18,22). The summed E-state index contributed by atoms with van der Waals surface area (Å²) in [7, 11) is 1.81. The van der Waals surface area contributed by atoms with Crippen LogP contribution in [-0.4, -0.2) is 37.9 Å². The van der Waals surface area contributed by atoms with Gasteiger partial charge in [0.05, 0.1) is 12.1 Å². The molecule has 1 aromatic heterocycles. The van der Waals surface area contributed by atoms with Gasteiger partial charge in [-0.15, -0.1) is 0 Å². The second-order valence-electron chi connectivity index (χ2n) is 6.12. The number of nitrogens with one attached hydrogen (secondary N) is 1. The van der Waals surface area contributed by atoms with E-state index in [2.05, 4.69) is 15.4 Å². The maximum Gasteiger partial charge on any atom is 0.251 e. The first-order valence-electron chi connectivity index (χ1n) is 7.41. The Bertz CT molecular complexity index is 676. The highest BCUT2D eigenvalue weighted by atomic mass is 16.3. The SMILES string of the molecule is Cn1cnc(-c2ccc(C(=O)NC(C)(CO)C3CC3)cc2)n1. The van der Waals surface area contributed by atoms with E-state index in [0.717, 1.165) is 18.4 Å². The molecule has 6 nitrogen and oxygen atoms in total. The Hall–Kier alpha value is -2.21. The predicted molar refractivity (Wildman–Crippen MR) is 82.1 cm³/mol. The molecule has 1 heterocycles. The van der Waals surface area contributed by atoms with Gasteiger partial charge in [0.15, 0.2) is 5.82 Å². The first kappa shape index (κ1) is 14.7. The topological polar surface area (TPSA) is 80.0 Å². The molecule has 1 aliphatic rings. The molecule has 1 aliphatic carbocycles. The van der Waals surface area contributed by atoms with Gasteiger partial charge in [0, 0.05) is 18.2 Å². The van der Waals surface area contributed by atoms with E-state index in [1.807, 2.05) is 26.1 Å². The molecule has 1 amide bonds. The molecule has 3 rings (SSSR count). The van der Waals surface area contributed by atoms with Crippen molar-refractivity contribution in [3.8, 4) is 11.4 Å². The fourth-order valence-corrected chi connectivity index (χ4v) is 2.56. The fraction of sp³-hybridized carbons (Fsp3) is 0.438. The van der Waals surface area contributed by atoms with E-state index >= 15 is 0 Å². The minimum Gasteiger partial charge on any atom is -0.394 e. The smallest absolute Gasteiger partial charge is 0.251 e. The number of rotatable bonds is 5. The molecule has 2 aromatic rings. The molecule has 1 unspecified atom stereocenters. The number of aryl methyl sites for hydroxylation is 1. The lowest BCUT2D eigenvalue weighted by Crippen LogP contribution is -2.50. The van der Waals surface area contributed by atoms with Gasteiger partial charge in [-0.2, -0.15) is 5.10 Å². The van der Waals surface area contributed by atoms with Gasteiger partial charge in [0.1, 0.15) is 6.33 Å². The Labute approximate surface area is 129 Å². The van der Waals surface area contributed by atoms with Gasteiger partial charge >= 0.3 is 0 Å². The zero-order chi connectivity index (χ0) is 15.7. The van der Waals surface area contributed by atoms with E-state index in [4.69, 9.17) is 0 Å². The molecule has 1 aromatic carbocycles. The number of carbonyl (C=O) groups excluding carboxylic acids is 1. The van der Waals surface area contributed by atoms with Gasteiger partial charge in [0.2, 0.25) is 0 Å². The molecule has 0 saturated heterocycles. The van der Waals surface area contributed by atoms with Gasteiger partial charge in [0.25, 0.3) is 5.91 Å². The largest absolute Gasteiger partial charge is 0.394 e. The molecule has 2 N–H and O–H groups in total. The minimum atomic E-state index is -0.529. The van der Waals surface area contributed by atoms with Gasteiger partial charge in [-0.3, -0.25) is 9.48 Å². The van der Waals surface area contributed by atoms with Crippen LogP contribution in [0, 0.1) is 5.92 Å². The zero-order valence-electron chi connectivity index (χ0n) is 12.8. The highest BCUT2D eigenvalue weighted by Crippen LogP contribution is 2.39. The van der Waals surface area contributed by atoms with Crippen LogP contribution in [0.15, 0.2) is 30.6 Å². The highest BCUT2D eigenvalue weighted by Gasteiger charge is 2.42. The second-order valence-corrected chi connectivity index (χ2v) is 6.12. The molecule has 1 fully saturated rings. The predicted octanol–water partition coefficient (Wildman–Crippen LogP) is 1.37. The van der Waals surface area contributed by atoms with Crippen molar-refractivity contribution in [2.24, 2.45) is 13.0 Å². The van der Waals surface area contributed by atoms with Gasteiger partial charge < -0.3 is 10.4 Å². The fourth-order valence-electron chi connectivity index (χ4n) is 2.56. The van der Waals surface area contributed by atoms with E-state index in [-0.39, 0.29) is 12.5 Å². The number of aliphatic hydroxyl groups excluding tert-OH is 1. The number of amides is 1. The lowest BCUT2D eigenvalue weighted by molar-refractivity contribution is 0.0824. The van der Waals surface area contributed by atoms with Crippen molar-refractivity contribution < 1.29 is 9.90 Å². The Balaban J connectivity index is 1.73. The molecule has 0 spiro atoms. The number of aromatic nitrogens is 3. The second kappa shape index (κ2) is 5.53. The third-order valence-electron chi connectivity index (χ3n) is 4.21. The third kappa shape index (κ3) is 2.87. The van der Waals surface area contributed by atoms with Crippen molar-refractivity contribution in [2.45, 2.75) is 25.3 Å². The van der Waals surface area contributed by atoms with E-state index in [0.29, 0.717) is 17.3 Å². The summed E-state index contributed by atoms with van der Waals surface area (Å²) in [5, 5.41) is 16.7. The molecule has 0 aliphatic heterocycles. The number of nitrogens with zero attached hydrogens (tertiary/aromatic N) is 3. The van der Waals surface area contributed by atoms with Crippen molar-refractivity contribution in [1.82, 2.24) is 20.1 Å². The summed E-state index contributed by atoms with van der Waals surface area (Å²) < 4.78 is 1.64. The molecule has 1 saturated carbocycles. The van der Waals surface area contributed by atoms with E-state index in [9.17, 15) is 9.90 Å². The normalized spacial score (nSPS) is 17.0. The first-order valence-corrected chi connectivity index (χ1v) is 7.41. The van der Waals surface area contributed by atoms with Crippen LogP contribution in [0.5, 0.6) is 0 Å². The average Bonchev–Trinajstić information content (AvgIpc) is 3.30. The molecule has 1 atom stereocenters. The molecule has 0 radical (unpaired) electrons. The lowest BCUT2D eigenvalue weighted by Gasteiger charge is -2.28. The van der Waals surface area contributed by atoms with Gasteiger partial charge in [-0.1, -0.05) is 12.1 Å². The van der Waals surface area contributed by atoms with Crippen LogP contribution in [0.25, 0.3) is 11.4 Å². The van der Waals surface area contributed by atoms with Gasteiger partial charge in [-0.05, 0) is 37.8 Å². The molecule has 6 heteroatoms.